The highest BCUT2D eigenvalue weighted by Crippen LogP contribution is 2.29. The van der Waals surface area contributed by atoms with E-state index in [2.05, 4.69) is 21.8 Å². The molecule has 0 aliphatic heterocycles. The summed E-state index contributed by atoms with van der Waals surface area (Å²) in [6.07, 6.45) is 4.93. The molecule has 3 aromatic rings. The summed E-state index contributed by atoms with van der Waals surface area (Å²) < 4.78 is 2.16. The fraction of sp³-hybridized carbons (Fsp3) is 0.235. The molecule has 4 nitrogen and oxygen atoms in total. The number of rotatable bonds is 5. The van der Waals surface area contributed by atoms with Crippen molar-refractivity contribution < 1.29 is 5.11 Å². The predicted molar refractivity (Wildman–Crippen MR) is 85.5 cm³/mol. The minimum atomic E-state index is 0.309. The zero-order valence-electron chi connectivity index (χ0n) is 12.1. The number of hydrogen-bond donors (Lipinski definition) is 2. The van der Waals surface area contributed by atoms with E-state index >= 15 is 0 Å². The molecule has 0 radical (unpaired) electrons. The standard InChI is InChI=1S/C17H19N3O/c1-2-10-20-11-9-18-17(20)12-19-15-7-3-6-14-13(15)5-4-8-16(14)21/h3-9,11,19,21H,2,10,12H2,1H3. The molecule has 4 heteroatoms. The van der Waals surface area contributed by atoms with Crippen LogP contribution in [0.2, 0.25) is 0 Å². The van der Waals surface area contributed by atoms with Crippen LogP contribution in [0.5, 0.6) is 5.75 Å². The highest BCUT2D eigenvalue weighted by molar-refractivity contribution is 5.97. The van der Waals surface area contributed by atoms with Crippen molar-refractivity contribution in [3.63, 3.8) is 0 Å². The van der Waals surface area contributed by atoms with Gasteiger partial charge in [-0.1, -0.05) is 31.2 Å². The van der Waals surface area contributed by atoms with E-state index in [1.165, 1.54) is 0 Å². The third-order valence-corrected chi connectivity index (χ3v) is 3.60. The van der Waals surface area contributed by atoms with Gasteiger partial charge in [0.1, 0.15) is 11.6 Å². The van der Waals surface area contributed by atoms with Crippen molar-refractivity contribution in [1.82, 2.24) is 9.55 Å². The Balaban J connectivity index is 1.85. The zero-order chi connectivity index (χ0) is 14.7. The number of anilines is 1. The average molecular weight is 281 g/mol. The van der Waals surface area contributed by atoms with Gasteiger partial charge >= 0.3 is 0 Å². The number of phenolic OH excluding ortho intramolecular Hbond substituents is 1. The molecule has 0 spiro atoms. The summed E-state index contributed by atoms with van der Waals surface area (Å²) in [5.41, 5.74) is 1.01. The molecule has 3 rings (SSSR count). The molecule has 1 aromatic heterocycles. The minimum Gasteiger partial charge on any atom is -0.507 e. The first kappa shape index (κ1) is 13.5. The molecule has 0 amide bonds. The molecule has 2 aromatic carbocycles. The Morgan fingerprint density at radius 1 is 1.14 bits per heavy atom. The second-order valence-electron chi connectivity index (χ2n) is 5.07. The van der Waals surface area contributed by atoms with Gasteiger partial charge in [0.25, 0.3) is 0 Å². The topological polar surface area (TPSA) is 50.1 Å². The summed E-state index contributed by atoms with van der Waals surface area (Å²) in [7, 11) is 0. The summed E-state index contributed by atoms with van der Waals surface area (Å²) in [4.78, 5) is 4.40. The summed E-state index contributed by atoms with van der Waals surface area (Å²) in [5.74, 6) is 1.33. The van der Waals surface area contributed by atoms with Crippen molar-refractivity contribution in [3.05, 3.63) is 54.6 Å². The Morgan fingerprint density at radius 2 is 1.95 bits per heavy atom. The van der Waals surface area contributed by atoms with E-state index in [9.17, 15) is 5.11 Å². The molecular formula is C17H19N3O. The molecule has 1 heterocycles. The van der Waals surface area contributed by atoms with Gasteiger partial charge in [-0.3, -0.25) is 0 Å². The number of benzene rings is 2. The number of aromatic hydroxyl groups is 1. The van der Waals surface area contributed by atoms with E-state index < -0.39 is 0 Å². The lowest BCUT2D eigenvalue weighted by Crippen LogP contribution is -2.08. The fourth-order valence-corrected chi connectivity index (χ4v) is 2.57. The zero-order valence-corrected chi connectivity index (χ0v) is 12.1. The van der Waals surface area contributed by atoms with Crippen molar-refractivity contribution >= 4 is 16.5 Å². The number of nitrogens with zero attached hydrogens (tertiary/aromatic N) is 2. The first-order chi connectivity index (χ1) is 10.3. The van der Waals surface area contributed by atoms with Crippen molar-refractivity contribution in [2.75, 3.05) is 5.32 Å². The van der Waals surface area contributed by atoms with Crippen LogP contribution in [0.25, 0.3) is 10.8 Å². The molecule has 0 atom stereocenters. The maximum Gasteiger partial charge on any atom is 0.128 e. The summed E-state index contributed by atoms with van der Waals surface area (Å²) in [5, 5.41) is 15.2. The predicted octanol–water partition coefficient (Wildman–Crippen LogP) is 3.76. The fourth-order valence-electron chi connectivity index (χ4n) is 2.57. The Hall–Kier alpha value is -2.49. The molecule has 0 saturated carbocycles. The highest BCUT2D eigenvalue weighted by Gasteiger charge is 2.06. The molecule has 0 aliphatic rings. The van der Waals surface area contributed by atoms with Crippen LogP contribution in [0.15, 0.2) is 48.8 Å². The van der Waals surface area contributed by atoms with Crippen molar-refractivity contribution in [2.45, 2.75) is 26.4 Å². The van der Waals surface area contributed by atoms with E-state index in [0.717, 1.165) is 35.2 Å². The van der Waals surface area contributed by atoms with Gasteiger partial charge in [-0.15, -0.1) is 0 Å². The van der Waals surface area contributed by atoms with Crippen molar-refractivity contribution in [3.8, 4) is 5.75 Å². The maximum atomic E-state index is 9.92. The van der Waals surface area contributed by atoms with Gasteiger partial charge in [0.05, 0.1) is 6.54 Å². The van der Waals surface area contributed by atoms with Crippen LogP contribution in [-0.2, 0) is 13.1 Å². The largest absolute Gasteiger partial charge is 0.507 e. The van der Waals surface area contributed by atoms with E-state index in [0.29, 0.717) is 12.3 Å². The van der Waals surface area contributed by atoms with Crippen molar-refractivity contribution in [2.24, 2.45) is 0 Å². The molecule has 2 N–H and O–H groups in total. The minimum absolute atomic E-state index is 0.309. The van der Waals surface area contributed by atoms with E-state index in [1.54, 1.807) is 6.07 Å². The number of imidazole rings is 1. The number of aryl methyl sites for hydroxylation is 1. The Labute approximate surface area is 124 Å². The Kier molecular flexibility index (Phi) is 3.77. The smallest absolute Gasteiger partial charge is 0.128 e. The number of aromatic nitrogens is 2. The Bertz CT molecular complexity index is 749. The number of fused-ring (bicyclic) bond motifs is 1. The van der Waals surface area contributed by atoms with Crippen molar-refractivity contribution in [1.29, 1.82) is 0 Å². The summed E-state index contributed by atoms with van der Waals surface area (Å²) in [6, 6.07) is 11.5. The number of hydrogen-bond acceptors (Lipinski definition) is 3. The van der Waals surface area contributed by atoms with Crippen LogP contribution in [0.1, 0.15) is 19.2 Å². The lowest BCUT2D eigenvalue weighted by molar-refractivity contribution is 0.481. The van der Waals surface area contributed by atoms with Gasteiger partial charge in [0.15, 0.2) is 0 Å². The number of nitrogens with one attached hydrogen (secondary N) is 1. The SMILES string of the molecule is CCCn1ccnc1CNc1cccc2c(O)cccc12. The molecule has 0 fully saturated rings. The first-order valence-electron chi connectivity index (χ1n) is 7.24. The normalized spacial score (nSPS) is 10.9. The maximum absolute atomic E-state index is 9.92. The van der Waals surface area contributed by atoms with Gasteiger partial charge in [-0.2, -0.15) is 0 Å². The monoisotopic (exact) mass is 281 g/mol. The molecule has 21 heavy (non-hydrogen) atoms. The molecule has 0 bridgehead atoms. The number of phenols is 1. The van der Waals surface area contributed by atoms with Crippen LogP contribution in [0.4, 0.5) is 5.69 Å². The van der Waals surface area contributed by atoms with Gasteiger partial charge in [0.2, 0.25) is 0 Å². The van der Waals surface area contributed by atoms with Crippen LogP contribution >= 0.6 is 0 Å². The highest BCUT2D eigenvalue weighted by atomic mass is 16.3. The van der Waals surface area contributed by atoms with Crippen LogP contribution in [0.3, 0.4) is 0 Å². The van der Waals surface area contributed by atoms with Gasteiger partial charge in [-0.05, 0) is 18.6 Å². The molecule has 0 unspecified atom stereocenters. The van der Waals surface area contributed by atoms with Gasteiger partial charge < -0.3 is 15.0 Å². The summed E-state index contributed by atoms with van der Waals surface area (Å²) in [6.45, 7) is 3.81. The second kappa shape index (κ2) is 5.87. The van der Waals surface area contributed by atoms with E-state index in [-0.39, 0.29) is 0 Å². The molecule has 0 aliphatic carbocycles. The lowest BCUT2D eigenvalue weighted by Gasteiger charge is -2.11. The van der Waals surface area contributed by atoms with Crippen LogP contribution in [0, 0.1) is 0 Å². The lowest BCUT2D eigenvalue weighted by atomic mass is 10.1. The van der Waals surface area contributed by atoms with E-state index in [4.69, 9.17) is 0 Å². The summed E-state index contributed by atoms with van der Waals surface area (Å²) >= 11 is 0. The molecular weight excluding hydrogens is 262 g/mol. The van der Waals surface area contributed by atoms with Crippen LogP contribution in [-0.4, -0.2) is 14.7 Å². The second-order valence-corrected chi connectivity index (χ2v) is 5.07. The van der Waals surface area contributed by atoms with E-state index in [1.807, 2.05) is 42.7 Å². The molecule has 0 saturated heterocycles. The molecule has 108 valence electrons. The third-order valence-electron chi connectivity index (χ3n) is 3.60. The average Bonchev–Trinajstić information content (AvgIpc) is 2.93. The van der Waals surface area contributed by atoms with Gasteiger partial charge in [0, 0.05) is 35.4 Å². The van der Waals surface area contributed by atoms with Gasteiger partial charge in [-0.25, -0.2) is 4.98 Å². The first-order valence-corrected chi connectivity index (χ1v) is 7.24. The Morgan fingerprint density at radius 3 is 2.81 bits per heavy atom. The quantitative estimate of drug-likeness (QED) is 0.748. The third kappa shape index (κ3) is 2.70. The van der Waals surface area contributed by atoms with Crippen LogP contribution < -0.4 is 5.32 Å².